The van der Waals surface area contributed by atoms with Crippen molar-refractivity contribution in [2.24, 2.45) is 5.92 Å². The molecular weight excluding hydrogens is 242 g/mol. The monoisotopic (exact) mass is 261 g/mol. The number of para-hydroxylation sites is 1. The van der Waals surface area contributed by atoms with Gasteiger partial charge in [0, 0.05) is 24.2 Å². The number of hydrogen-bond donors (Lipinski definition) is 1. The van der Waals surface area contributed by atoms with Crippen molar-refractivity contribution < 1.29 is 0 Å². The lowest BCUT2D eigenvalue weighted by atomic mass is 10.1. The summed E-state index contributed by atoms with van der Waals surface area (Å²) in [6.07, 6.45) is 4.16. The molecule has 0 aliphatic rings. The van der Waals surface area contributed by atoms with Crippen LogP contribution in [0.25, 0.3) is 10.9 Å². The van der Waals surface area contributed by atoms with Crippen LogP contribution in [0.4, 0.5) is 0 Å². The molecule has 0 saturated heterocycles. The van der Waals surface area contributed by atoms with Crippen LogP contribution in [0.15, 0.2) is 41.3 Å². The average Bonchev–Trinajstić information content (AvgIpc) is 2.39. The number of benzene rings is 1. The summed E-state index contributed by atoms with van der Waals surface area (Å²) in [5, 5.41) is 0.807. The first-order valence-corrected chi connectivity index (χ1v) is 7.04. The maximum absolute atomic E-state index is 11.7. The van der Waals surface area contributed by atoms with E-state index in [2.05, 4.69) is 24.1 Å². The van der Waals surface area contributed by atoms with Crippen LogP contribution in [0.5, 0.6) is 0 Å². The van der Waals surface area contributed by atoms with Gasteiger partial charge in [-0.3, -0.25) is 4.79 Å². The first-order valence-electron chi connectivity index (χ1n) is 6.41. The average molecular weight is 261 g/mol. The van der Waals surface area contributed by atoms with E-state index >= 15 is 0 Å². The number of rotatable bonds is 5. The molecule has 0 radical (unpaired) electrons. The minimum Gasteiger partial charge on any atom is -0.347 e. The standard InChI is InChI=1S/C15H19NOS/c1-12(8-11-18)6-9-16-10-7-15(17)13-4-2-3-5-14(13)16/h2-5,7,10,12,18H,6,8-9,11H2,1H3. The number of aryl methyl sites for hydroxylation is 1. The Morgan fingerprint density at radius 1 is 1.22 bits per heavy atom. The zero-order valence-corrected chi connectivity index (χ0v) is 11.6. The highest BCUT2D eigenvalue weighted by atomic mass is 32.1. The van der Waals surface area contributed by atoms with Gasteiger partial charge in [-0.1, -0.05) is 19.1 Å². The Hall–Kier alpha value is -1.22. The Labute approximate surface area is 113 Å². The number of hydrogen-bond acceptors (Lipinski definition) is 2. The Morgan fingerprint density at radius 2 is 2.00 bits per heavy atom. The van der Waals surface area contributed by atoms with Crippen LogP contribution in [0.2, 0.25) is 0 Å². The van der Waals surface area contributed by atoms with Gasteiger partial charge in [0.15, 0.2) is 5.43 Å². The van der Waals surface area contributed by atoms with Crippen molar-refractivity contribution in [3.63, 3.8) is 0 Å². The first-order chi connectivity index (χ1) is 8.72. The van der Waals surface area contributed by atoms with Crippen molar-refractivity contribution in [3.05, 3.63) is 46.8 Å². The van der Waals surface area contributed by atoms with Crippen molar-refractivity contribution in [2.45, 2.75) is 26.3 Å². The van der Waals surface area contributed by atoms with E-state index in [0.717, 1.165) is 36.0 Å². The molecule has 1 aromatic heterocycles. The maximum atomic E-state index is 11.7. The molecule has 2 nitrogen and oxygen atoms in total. The molecule has 0 aliphatic heterocycles. The van der Waals surface area contributed by atoms with Crippen LogP contribution in [0.1, 0.15) is 19.8 Å². The van der Waals surface area contributed by atoms with Gasteiger partial charge in [0.1, 0.15) is 0 Å². The second kappa shape index (κ2) is 6.10. The molecule has 3 heteroatoms. The minimum absolute atomic E-state index is 0.102. The highest BCUT2D eigenvalue weighted by molar-refractivity contribution is 7.80. The van der Waals surface area contributed by atoms with Gasteiger partial charge in [0.25, 0.3) is 0 Å². The number of thiol groups is 1. The molecule has 0 saturated carbocycles. The summed E-state index contributed by atoms with van der Waals surface area (Å²) < 4.78 is 2.17. The quantitative estimate of drug-likeness (QED) is 0.819. The van der Waals surface area contributed by atoms with E-state index < -0.39 is 0 Å². The van der Waals surface area contributed by atoms with Gasteiger partial charge < -0.3 is 4.57 Å². The van der Waals surface area contributed by atoms with E-state index in [1.807, 2.05) is 30.5 Å². The predicted octanol–water partition coefficient (Wildman–Crippen LogP) is 3.35. The van der Waals surface area contributed by atoms with Crippen LogP contribution in [-0.2, 0) is 6.54 Å². The maximum Gasteiger partial charge on any atom is 0.189 e. The molecular formula is C15H19NOS. The summed E-state index contributed by atoms with van der Waals surface area (Å²) in [4.78, 5) is 11.7. The highest BCUT2D eigenvalue weighted by Gasteiger charge is 2.04. The molecule has 1 aromatic carbocycles. The van der Waals surface area contributed by atoms with Crippen molar-refractivity contribution in [2.75, 3.05) is 5.75 Å². The number of aromatic nitrogens is 1. The Kier molecular flexibility index (Phi) is 4.48. The summed E-state index contributed by atoms with van der Waals surface area (Å²) in [5.74, 6) is 1.60. The zero-order chi connectivity index (χ0) is 13.0. The lowest BCUT2D eigenvalue weighted by molar-refractivity contribution is 0.476. The molecule has 2 aromatic rings. The summed E-state index contributed by atoms with van der Waals surface area (Å²) in [5.41, 5.74) is 1.13. The number of nitrogens with zero attached hydrogens (tertiary/aromatic N) is 1. The fraction of sp³-hybridized carbons (Fsp3) is 0.400. The first kappa shape index (κ1) is 13.2. The van der Waals surface area contributed by atoms with Crippen LogP contribution in [0, 0.1) is 5.92 Å². The molecule has 1 unspecified atom stereocenters. The van der Waals surface area contributed by atoms with Crippen molar-refractivity contribution in [1.82, 2.24) is 4.57 Å². The number of pyridine rings is 1. The minimum atomic E-state index is 0.102. The number of fused-ring (bicyclic) bond motifs is 1. The molecule has 0 bridgehead atoms. The van der Waals surface area contributed by atoms with Gasteiger partial charge in [0.05, 0.1) is 5.52 Å². The highest BCUT2D eigenvalue weighted by Crippen LogP contribution is 2.14. The van der Waals surface area contributed by atoms with Crippen LogP contribution in [0.3, 0.4) is 0 Å². The van der Waals surface area contributed by atoms with Gasteiger partial charge in [-0.25, -0.2) is 0 Å². The van der Waals surface area contributed by atoms with Crippen LogP contribution in [-0.4, -0.2) is 10.3 Å². The van der Waals surface area contributed by atoms with Gasteiger partial charge in [0.2, 0.25) is 0 Å². The predicted molar refractivity (Wildman–Crippen MR) is 80.5 cm³/mol. The van der Waals surface area contributed by atoms with Crippen LogP contribution < -0.4 is 5.43 Å². The van der Waals surface area contributed by atoms with Crippen molar-refractivity contribution >= 4 is 23.5 Å². The Balaban J connectivity index is 2.24. The third kappa shape index (κ3) is 2.96. The fourth-order valence-corrected chi connectivity index (χ4v) is 2.62. The molecule has 1 heterocycles. The molecule has 0 spiro atoms. The lowest BCUT2D eigenvalue weighted by Crippen LogP contribution is -2.10. The van der Waals surface area contributed by atoms with Gasteiger partial charge >= 0.3 is 0 Å². The van der Waals surface area contributed by atoms with E-state index in [4.69, 9.17) is 0 Å². The molecule has 0 fully saturated rings. The van der Waals surface area contributed by atoms with Gasteiger partial charge in [-0.15, -0.1) is 0 Å². The van der Waals surface area contributed by atoms with Crippen molar-refractivity contribution in [1.29, 1.82) is 0 Å². The Bertz CT molecular complexity index is 576. The summed E-state index contributed by atoms with van der Waals surface area (Å²) in [7, 11) is 0. The van der Waals surface area contributed by atoms with E-state index in [1.165, 1.54) is 0 Å². The zero-order valence-electron chi connectivity index (χ0n) is 10.7. The topological polar surface area (TPSA) is 22.0 Å². The molecule has 18 heavy (non-hydrogen) atoms. The second-order valence-corrected chi connectivity index (χ2v) is 5.24. The van der Waals surface area contributed by atoms with E-state index in [-0.39, 0.29) is 5.43 Å². The Morgan fingerprint density at radius 3 is 2.78 bits per heavy atom. The molecule has 96 valence electrons. The van der Waals surface area contributed by atoms with E-state index in [9.17, 15) is 4.79 Å². The SMILES string of the molecule is CC(CCS)CCn1ccc(=O)c2ccccc21. The second-order valence-electron chi connectivity index (χ2n) is 4.80. The molecule has 0 aliphatic carbocycles. The summed E-state index contributed by atoms with van der Waals surface area (Å²) in [6, 6.07) is 9.46. The van der Waals surface area contributed by atoms with E-state index in [0.29, 0.717) is 5.92 Å². The largest absolute Gasteiger partial charge is 0.347 e. The van der Waals surface area contributed by atoms with Crippen molar-refractivity contribution in [3.8, 4) is 0 Å². The van der Waals surface area contributed by atoms with Gasteiger partial charge in [-0.05, 0) is 36.6 Å². The fourth-order valence-electron chi connectivity index (χ4n) is 2.18. The van der Waals surface area contributed by atoms with Gasteiger partial charge in [-0.2, -0.15) is 12.6 Å². The smallest absolute Gasteiger partial charge is 0.189 e. The molecule has 2 rings (SSSR count). The van der Waals surface area contributed by atoms with Crippen LogP contribution >= 0.6 is 12.6 Å². The third-order valence-corrected chi connectivity index (χ3v) is 3.63. The summed E-state index contributed by atoms with van der Waals surface area (Å²) in [6.45, 7) is 3.21. The lowest BCUT2D eigenvalue weighted by Gasteiger charge is -2.14. The normalized spacial score (nSPS) is 12.8. The third-order valence-electron chi connectivity index (χ3n) is 3.37. The van der Waals surface area contributed by atoms with E-state index in [1.54, 1.807) is 6.07 Å². The molecule has 0 N–H and O–H groups in total. The summed E-state index contributed by atoms with van der Waals surface area (Å²) >= 11 is 4.26. The molecule has 1 atom stereocenters. The molecule has 0 amide bonds.